The molecule has 0 aliphatic heterocycles. The molecular weight excluding hydrogens is 464 g/mol. The molecule has 0 radical (unpaired) electrons. The largest absolute Gasteiger partial charge is 0.748 e. The van der Waals surface area contributed by atoms with Crippen molar-refractivity contribution in [3.05, 3.63) is 0 Å². The molecule has 0 rings (SSSR count). The van der Waals surface area contributed by atoms with Gasteiger partial charge in [-0.2, -0.15) is 0 Å². The number of carbonyl (C=O) groups excluding carboxylic acids is 1. The molecule has 1 unspecified atom stereocenters. The van der Waals surface area contributed by atoms with Crippen LogP contribution in [0.25, 0.3) is 0 Å². The molecule has 0 aromatic rings. The summed E-state index contributed by atoms with van der Waals surface area (Å²) in [5, 5.41) is 12.7. The van der Waals surface area contributed by atoms with Crippen molar-refractivity contribution >= 4 is 16.0 Å². The lowest BCUT2D eigenvalue weighted by Crippen LogP contribution is -2.47. The summed E-state index contributed by atoms with van der Waals surface area (Å²) < 4.78 is 32.6. The number of rotatable bonds is 25. The number of hydrogen-bond acceptors (Lipinski definition) is 5. The van der Waals surface area contributed by atoms with Crippen LogP contribution in [0.3, 0.4) is 0 Å². The highest BCUT2D eigenvalue weighted by Crippen LogP contribution is 2.13. The van der Waals surface area contributed by atoms with E-state index in [4.69, 9.17) is 0 Å². The van der Waals surface area contributed by atoms with Gasteiger partial charge >= 0.3 is 0 Å². The molecular formula is C27H56N2O5S. The quantitative estimate of drug-likeness (QED) is 0.0986. The van der Waals surface area contributed by atoms with E-state index in [0.29, 0.717) is 23.9 Å². The van der Waals surface area contributed by atoms with Gasteiger partial charge in [0.15, 0.2) is 0 Å². The topological polar surface area (TPSA) is 107 Å². The number of amides is 1. The number of nitrogens with zero attached hydrogens (tertiary/aromatic N) is 1. The zero-order valence-corrected chi connectivity index (χ0v) is 23.9. The molecule has 0 bridgehead atoms. The molecule has 0 saturated heterocycles. The van der Waals surface area contributed by atoms with E-state index in [1.54, 1.807) is 0 Å². The van der Waals surface area contributed by atoms with E-state index in [9.17, 15) is 22.9 Å². The van der Waals surface area contributed by atoms with Crippen LogP contribution in [0.5, 0.6) is 0 Å². The first-order valence-electron chi connectivity index (χ1n) is 14.3. The third-order valence-electron chi connectivity index (χ3n) is 6.62. The molecule has 210 valence electrons. The summed E-state index contributed by atoms with van der Waals surface area (Å²) in [6.07, 6.45) is 21.2. The first-order chi connectivity index (χ1) is 16.6. The van der Waals surface area contributed by atoms with Crippen LogP contribution in [0, 0.1) is 0 Å². The minimum Gasteiger partial charge on any atom is -0.748 e. The van der Waals surface area contributed by atoms with Crippen molar-refractivity contribution in [2.24, 2.45) is 0 Å². The fourth-order valence-corrected chi connectivity index (χ4v) is 5.18. The van der Waals surface area contributed by atoms with E-state index in [2.05, 4.69) is 12.2 Å². The Morgan fingerprint density at radius 2 is 1.23 bits per heavy atom. The molecule has 0 fully saturated rings. The number of quaternary nitrogens is 1. The monoisotopic (exact) mass is 520 g/mol. The van der Waals surface area contributed by atoms with E-state index in [-0.39, 0.29) is 12.5 Å². The van der Waals surface area contributed by atoms with Crippen LogP contribution < -0.4 is 5.32 Å². The Hall–Kier alpha value is -0.700. The van der Waals surface area contributed by atoms with Crippen molar-refractivity contribution in [2.45, 2.75) is 129 Å². The summed E-state index contributed by atoms with van der Waals surface area (Å²) in [7, 11) is -0.722. The second-order valence-corrected chi connectivity index (χ2v) is 12.4. The lowest BCUT2D eigenvalue weighted by atomic mass is 10.0. The minimum absolute atomic E-state index is 0.0358. The van der Waals surface area contributed by atoms with Crippen LogP contribution in [0.4, 0.5) is 0 Å². The SMILES string of the molecule is CCCCCCCCCCCCCCCCCCNC(=O)CCC[N+](C)(C)CC(O)CS(=O)(=O)[O-]. The van der Waals surface area contributed by atoms with Gasteiger partial charge in [-0.3, -0.25) is 4.79 Å². The highest BCUT2D eigenvalue weighted by atomic mass is 32.2. The van der Waals surface area contributed by atoms with Gasteiger partial charge in [-0.05, 0) is 6.42 Å². The second-order valence-electron chi connectivity index (χ2n) is 11.0. The van der Waals surface area contributed by atoms with Crippen molar-refractivity contribution in [3.8, 4) is 0 Å². The number of likely N-dealkylation sites (N-methyl/N-ethyl adjacent to an activating group) is 1. The molecule has 0 aliphatic carbocycles. The zero-order valence-electron chi connectivity index (χ0n) is 23.1. The third-order valence-corrected chi connectivity index (χ3v) is 7.41. The van der Waals surface area contributed by atoms with Crippen molar-refractivity contribution < 1.29 is 27.4 Å². The molecule has 8 heteroatoms. The average Bonchev–Trinajstić information content (AvgIpc) is 2.74. The predicted molar refractivity (Wildman–Crippen MR) is 144 cm³/mol. The highest BCUT2D eigenvalue weighted by Gasteiger charge is 2.22. The molecule has 0 aromatic carbocycles. The Morgan fingerprint density at radius 1 is 0.800 bits per heavy atom. The maximum absolute atomic E-state index is 12.0. The van der Waals surface area contributed by atoms with Crippen LogP contribution in [-0.2, 0) is 14.9 Å². The Kier molecular flexibility index (Phi) is 21.0. The van der Waals surface area contributed by atoms with E-state index >= 15 is 0 Å². The van der Waals surface area contributed by atoms with Crippen LogP contribution in [-0.4, -0.2) is 74.1 Å². The predicted octanol–water partition coefficient (Wildman–Crippen LogP) is 5.13. The van der Waals surface area contributed by atoms with Crippen molar-refractivity contribution in [3.63, 3.8) is 0 Å². The molecule has 0 aliphatic rings. The first-order valence-corrected chi connectivity index (χ1v) is 15.8. The number of hydrogen-bond donors (Lipinski definition) is 2. The van der Waals surface area contributed by atoms with Gasteiger partial charge in [-0.25, -0.2) is 8.42 Å². The smallest absolute Gasteiger partial charge is 0.220 e. The first kappa shape index (κ1) is 34.3. The van der Waals surface area contributed by atoms with Gasteiger partial charge in [0.1, 0.15) is 12.6 Å². The standard InChI is InChI=1S/C27H56N2O5S/c1-4-5-6-7-8-9-10-11-12-13-14-15-16-17-18-19-22-28-27(31)21-20-23-29(2,3)24-26(30)25-35(32,33)34/h26,30H,4-25H2,1-3H3,(H-,28,31,32,33,34). The Bertz CT molecular complexity index is 611. The van der Waals surface area contributed by atoms with Gasteiger partial charge in [0.05, 0.1) is 36.5 Å². The molecule has 1 atom stereocenters. The van der Waals surface area contributed by atoms with E-state index in [1.807, 2.05) is 14.1 Å². The Morgan fingerprint density at radius 3 is 1.66 bits per heavy atom. The van der Waals surface area contributed by atoms with Crippen molar-refractivity contribution in [1.29, 1.82) is 0 Å². The van der Waals surface area contributed by atoms with Crippen LogP contribution in [0.15, 0.2) is 0 Å². The molecule has 1 amide bonds. The van der Waals surface area contributed by atoms with E-state index < -0.39 is 22.0 Å². The Balaban J connectivity index is 3.47. The summed E-state index contributed by atoms with van der Waals surface area (Å²) >= 11 is 0. The average molecular weight is 521 g/mol. The normalized spacial score (nSPS) is 13.2. The molecule has 0 heterocycles. The summed E-state index contributed by atoms with van der Waals surface area (Å²) in [5.74, 6) is -0.734. The number of unbranched alkanes of at least 4 members (excludes halogenated alkanes) is 15. The van der Waals surface area contributed by atoms with Gasteiger partial charge < -0.3 is 19.5 Å². The Labute approximate surface area is 216 Å². The third kappa shape index (κ3) is 26.2. The molecule has 0 aromatic heterocycles. The lowest BCUT2D eigenvalue weighted by Gasteiger charge is -2.32. The van der Waals surface area contributed by atoms with Crippen LogP contribution in [0.1, 0.15) is 122 Å². The van der Waals surface area contributed by atoms with Gasteiger partial charge in [-0.15, -0.1) is 0 Å². The summed E-state index contributed by atoms with van der Waals surface area (Å²) in [6.45, 7) is 3.78. The van der Waals surface area contributed by atoms with Gasteiger partial charge in [-0.1, -0.05) is 103 Å². The van der Waals surface area contributed by atoms with Crippen LogP contribution in [0.2, 0.25) is 0 Å². The summed E-state index contributed by atoms with van der Waals surface area (Å²) in [5.41, 5.74) is 0. The summed E-state index contributed by atoms with van der Waals surface area (Å²) in [6, 6.07) is 0. The van der Waals surface area contributed by atoms with Gasteiger partial charge in [0.25, 0.3) is 0 Å². The minimum atomic E-state index is -4.43. The maximum atomic E-state index is 12.0. The maximum Gasteiger partial charge on any atom is 0.220 e. The van der Waals surface area contributed by atoms with Crippen molar-refractivity contribution in [1.82, 2.24) is 5.32 Å². The summed E-state index contributed by atoms with van der Waals surface area (Å²) in [4.78, 5) is 12.0. The van der Waals surface area contributed by atoms with Crippen LogP contribution >= 0.6 is 0 Å². The fourth-order valence-electron chi connectivity index (χ4n) is 4.61. The lowest BCUT2D eigenvalue weighted by molar-refractivity contribution is -0.893. The van der Waals surface area contributed by atoms with Crippen molar-refractivity contribution in [2.75, 3.05) is 39.5 Å². The number of aliphatic hydroxyl groups excluding tert-OH is 1. The van der Waals surface area contributed by atoms with E-state index in [1.165, 1.54) is 89.9 Å². The highest BCUT2D eigenvalue weighted by molar-refractivity contribution is 7.85. The number of aliphatic hydroxyl groups is 1. The number of nitrogens with one attached hydrogen (secondary N) is 1. The second kappa shape index (κ2) is 21.4. The molecule has 0 saturated carbocycles. The van der Waals surface area contributed by atoms with E-state index in [0.717, 1.165) is 19.4 Å². The fraction of sp³-hybridized carbons (Fsp3) is 0.963. The van der Waals surface area contributed by atoms with Gasteiger partial charge in [0, 0.05) is 19.4 Å². The van der Waals surface area contributed by atoms with Gasteiger partial charge in [0.2, 0.25) is 5.91 Å². The number of carbonyl (C=O) groups is 1. The molecule has 2 N–H and O–H groups in total. The molecule has 35 heavy (non-hydrogen) atoms. The molecule has 0 spiro atoms. The molecule has 7 nitrogen and oxygen atoms in total. The zero-order chi connectivity index (χ0) is 26.4.